The lowest BCUT2D eigenvalue weighted by Crippen LogP contribution is -2.47. The minimum Gasteiger partial charge on any atom is -0.384 e. The molecule has 1 aromatic rings. The van der Waals surface area contributed by atoms with E-state index in [4.69, 9.17) is 5.73 Å². The lowest BCUT2D eigenvalue weighted by molar-refractivity contribution is -0.183. The Morgan fingerprint density at radius 2 is 2.06 bits per heavy atom. The van der Waals surface area contributed by atoms with Gasteiger partial charge < -0.3 is 10.6 Å². The molecule has 0 spiro atoms. The third-order valence-corrected chi connectivity index (χ3v) is 3.67. The Labute approximate surface area is 104 Å². The fraction of sp³-hybridized carbons (Fsp3) is 0.583. The molecule has 1 aromatic heterocycles. The predicted molar refractivity (Wildman–Crippen MR) is 64.2 cm³/mol. The first-order valence-electron chi connectivity index (χ1n) is 5.79. The predicted octanol–water partition coefficient (Wildman–Crippen LogP) is 2.83. The molecule has 1 aliphatic heterocycles. The Morgan fingerprint density at radius 3 is 2.50 bits per heavy atom. The summed E-state index contributed by atoms with van der Waals surface area (Å²) in [5.41, 5.74) is 5.20. The van der Waals surface area contributed by atoms with Gasteiger partial charge in [-0.25, -0.2) is 4.98 Å². The van der Waals surface area contributed by atoms with Crippen molar-refractivity contribution in [2.75, 3.05) is 17.2 Å². The van der Waals surface area contributed by atoms with E-state index < -0.39 is 17.6 Å². The molecule has 18 heavy (non-hydrogen) atoms. The number of alkyl halides is 3. The average Bonchev–Trinajstić information content (AvgIpc) is 2.54. The minimum absolute atomic E-state index is 0.112. The van der Waals surface area contributed by atoms with Crippen LogP contribution in [0.15, 0.2) is 18.3 Å². The molecule has 6 heteroatoms. The highest BCUT2D eigenvalue weighted by molar-refractivity contribution is 5.51. The molecule has 1 saturated heterocycles. The first kappa shape index (κ1) is 13.0. The zero-order chi connectivity index (χ0) is 13.6. The Kier molecular flexibility index (Phi) is 2.91. The normalized spacial score (nSPS) is 23.4. The third kappa shape index (κ3) is 2.11. The number of aromatic nitrogens is 1. The van der Waals surface area contributed by atoms with Gasteiger partial charge in [0.1, 0.15) is 5.82 Å². The number of hydrogen-bond donors (Lipinski definition) is 1. The fourth-order valence-corrected chi connectivity index (χ4v) is 2.67. The molecule has 1 atom stereocenters. The highest BCUT2D eigenvalue weighted by Gasteiger charge is 2.54. The van der Waals surface area contributed by atoms with Crippen molar-refractivity contribution in [3.05, 3.63) is 18.3 Å². The van der Waals surface area contributed by atoms with E-state index in [2.05, 4.69) is 4.98 Å². The maximum absolute atomic E-state index is 12.9. The highest BCUT2D eigenvalue weighted by Crippen LogP contribution is 2.46. The summed E-state index contributed by atoms with van der Waals surface area (Å²) >= 11 is 0. The summed E-state index contributed by atoms with van der Waals surface area (Å²) in [6, 6.07) is 3.31. The van der Waals surface area contributed by atoms with Gasteiger partial charge in [-0.05, 0) is 32.4 Å². The van der Waals surface area contributed by atoms with Crippen LogP contribution in [-0.2, 0) is 0 Å². The molecule has 1 unspecified atom stereocenters. The molecule has 0 saturated carbocycles. The SMILES string of the molecule is CC1(C)C(C(F)(F)F)CCN1c1ccc(N)nc1. The maximum atomic E-state index is 12.9. The van der Waals surface area contributed by atoms with Crippen molar-refractivity contribution in [3.8, 4) is 0 Å². The maximum Gasteiger partial charge on any atom is 0.394 e. The summed E-state index contributed by atoms with van der Waals surface area (Å²) in [5, 5.41) is 0. The molecular weight excluding hydrogens is 243 g/mol. The number of nitrogens with two attached hydrogens (primary N) is 1. The van der Waals surface area contributed by atoms with Crippen LogP contribution in [0.4, 0.5) is 24.7 Å². The number of anilines is 2. The number of nitrogens with zero attached hydrogens (tertiary/aromatic N) is 2. The largest absolute Gasteiger partial charge is 0.394 e. The van der Waals surface area contributed by atoms with E-state index in [1.54, 1.807) is 30.9 Å². The van der Waals surface area contributed by atoms with Gasteiger partial charge in [0, 0.05) is 12.1 Å². The van der Waals surface area contributed by atoms with E-state index in [1.165, 1.54) is 6.20 Å². The number of pyridine rings is 1. The molecule has 0 aromatic carbocycles. The number of halogens is 3. The van der Waals surface area contributed by atoms with E-state index in [0.29, 0.717) is 18.1 Å². The minimum atomic E-state index is -4.17. The first-order valence-corrected chi connectivity index (χ1v) is 5.79. The lowest BCUT2D eigenvalue weighted by atomic mass is 9.87. The molecule has 2 rings (SSSR count). The number of hydrogen-bond acceptors (Lipinski definition) is 3. The monoisotopic (exact) mass is 259 g/mol. The van der Waals surface area contributed by atoms with E-state index in [9.17, 15) is 13.2 Å². The molecular formula is C12H16F3N3. The smallest absolute Gasteiger partial charge is 0.384 e. The van der Waals surface area contributed by atoms with Crippen molar-refractivity contribution in [2.24, 2.45) is 5.92 Å². The summed E-state index contributed by atoms with van der Waals surface area (Å²) in [6.45, 7) is 3.62. The van der Waals surface area contributed by atoms with Crippen molar-refractivity contribution < 1.29 is 13.2 Å². The standard InChI is InChI=1S/C12H16F3N3/c1-11(2)9(12(13,14)15)5-6-18(11)8-3-4-10(16)17-7-8/h3-4,7,9H,5-6H2,1-2H3,(H2,16,17). The summed E-state index contributed by atoms with van der Waals surface area (Å²) in [5.74, 6) is -0.953. The Morgan fingerprint density at radius 1 is 1.39 bits per heavy atom. The van der Waals surface area contributed by atoms with Crippen LogP contribution in [0.5, 0.6) is 0 Å². The van der Waals surface area contributed by atoms with Crippen LogP contribution in [0.2, 0.25) is 0 Å². The van der Waals surface area contributed by atoms with Crippen LogP contribution < -0.4 is 10.6 Å². The Hall–Kier alpha value is -1.46. The van der Waals surface area contributed by atoms with Crippen molar-refractivity contribution in [1.29, 1.82) is 0 Å². The molecule has 0 radical (unpaired) electrons. The quantitative estimate of drug-likeness (QED) is 0.843. The molecule has 3 nitrogen and oxygen atoms in total. The van der Waals surface area contributed by atoms with Crippen LogP contribution in [-0.4, -0.2) is 23.2 Å². The van der Waals surface area contributed by atoms with Gasteiger partial charge in [-0.15, -0.1) is 0 Å². The van der Waals surface area contributed by atoms with Gasteiger partial charge in [-0.2, -0.15) is 13.2 Å². The second kappa shape index (κ2) is 4.03. The van der Waals surface area contributed by atoms with Crippen LogP contribution in [0.3, 0.4) is 0 Å². The Balaban J connectivity index is 2.29. The molecule has 100 valence electrons. The van der Waals surface area contributed by atoms with Crippen LogP contribution in [0.25, 0.3) is 0 Å². The summed E-state index contributed by atoms with van der Waals surface area (Å²) < 4.78 is 38.8. The van der Waals surface area contributed by atoms with Crippen LogP contribution in [0.1, 0.15) is 20.3 Å². The van der Waals surface area contributed by atoms with Gasteiger partial charge in [-0.3, -0.25) is 0 Å². The number of rotatable bonds is 1. The third-order valence-electron chi connectivity index (χ3n) is 3.67. The fourth-order valence-electron chi connectivity index (χ4n) is 2.67. The summed E-state index contributed by atoms with van der Waals surface area (Å²) in [7, 11) is 0. The van der Waals surface area contributed by atoms with Gasteiger partial charge >= 0.3 is 6.18 Å². The van der Waals surface area contributed by atoms with Crippen molar-refractivity contribution in [2.45, 2.75) is 32.0 Å². The zero-order valence-electron chi connectivity index (χ0n) is 10.3. The van der Waals surface area contributed by atoms with Gasteiger partial charge in [-0.1, -0.05) is 0 Å². The first-order chi connectivity index (χ1) is 8.23. The van der Waals surface area contributed by atoms with Gasteiger partial charge in [0.15, 0.2) is 0 Å². The van der Waals surface area contributed by atoms with E-state index in [0.717, 1.165) is 0 Å². The second-order valence-corrected chi connectivity index (χ2v) is 5.13. The summed E-state index contributed by atoms with van der Waals surface area (Å²) in [4.78, 5) is 5.68. The summed E-state index contributed by atoms with van der Waals surface area (Å²) in [6.07, 6.45) is -2.53. The van der Waals surface area contributed by atoms with E-state index in [1.807, 2.05) is 0 Å². The molecule has 2 heterocycles. The molecule has 0 aliphatic carbocycles. The zero-order valence-corrected chi connectivity index (χ0v) is 10.3. The van der Waals surface area contributed by atoms with Gasteiger partial charge in [0.2, 0.25) is 0 Å². The lowest BCUT2D eigenvalue weighted by Gasteiger charge is -2.38. The van der Waals surface area contributed by atoms with Crippen molar-refractivity contribution >= 4 is 11.5 Å². The van der Waals surface area contributed by atoms with Crippen molar-refractivity contribution in [3.63, 3.8) is 0 Å². The van der Waals surface area contributed by atoms with E-state index in [-0.39, 0.29) is 6.42 Å². The van der Waals surface area contributed by atoms with Gasteiger partial charge in [0.25, 0.3) is 0 Å². The van der Waals surface area contributed by atoms with Gasteiger partial charge in [0.05, 0.1) is 17.8 Å². The molecule has 0 amide bonds. The molecule has 1 fully saturated rings. The Bertz CT molecular complexity index is 425. The molecule has 1 aliphatic rings. The van der Waals surface area contributed by atoms with E-state index >= 15 is 0 Å². The highest BCUT2D eigenvalue weighted by atomic mass is 19.4. The van der Waals surface area contributed by atoms with Crippen LogP contribution in [0, 0.1) is 5.92 Å². The number of nitrogen functional groups attached to an aromatic ring is 1. The molecule has 2 N–H and O–H groups in total. The van der Waals surface area contributed by atoms with Crippen molar-refractivity contribution in [1.82, 2.24) is 4.98 Å². The van der Waals surface area contributed by atoms with Crippen LogP contribution >= 0.6 is 0 Å². The molecule has 0 bridgehead atoms. The second-order valence-electron chi connectivity index (χ2n) is 5.13. The average molecular weight is 259 g/mol. The topological polar surface area (TPSA) is 42.1 Å².